The Labute approximate surface area is 87.8 Å². The van der Waals surface area contributed by atoms with E-state index in [1.54, 1.807) is 0 Å². The minimum atomic E-state index is -1.15. The number of nitrogens with two attached hydrogens (primary N) is 1. The van der Waals surface area contributed by atoms with Gasteiger partial charge in [0.25, 0.3) is 0 Å². The van der Waals surface area contributed by atoms with Crippen molar-refractivity contribution in [3.8, 4) is 0 Å². The van der Waals surface area contributed by atoms with Crippen LogP contribution in [0.2, 0.25) is 0 Å². The predicted octanol–water partition coefficient (Wildman–Crippen LogP) is -0.379. The molecule has 0 saturated carbocycles. The molecule has 4 N–H and O–H groups in total. The first kappa shape index (κ1) is 13.4. The monoisotopic (exact) mass is 216 g/mol. The first-order valence-corrected chi connectivity index (χ1v) is 4.77. The number of nitrogens with one attached hydrogen (secondary N) is 1. The molecule has 0 radical (unpaired) electrons. The van der Waals surface area contributed by atoms with E-state index >= 15 is 0 Å². The number of carboxylic acids is 1. The third-order valence-electron chi connectivity index (χ3n) is 1.79. The summed E-state index contributed by atoms with van der Waals surface area (Å²) in [6, 6.07) is -1.03. The van der Waals surface area contributed by atoms with Crippen molar-refractivity contribution in [1.29, 1.82) is 0 Å². The normalized spacial score (nSPS) is 11.8. The van der Waals surface area contributed by atoms with Crippen LogP contribution < -0.4 is 11.1 Å². The Hall–Kier alpha value is -1.59. The minimum Gasteiger partial charge on any atom is -0.480 e. The van der Waals surface area contributed by atoms with Gasteiger partial charge in [-0.25, -0.2) is 4.79 Å². The third-order valence-corrected chi connectivity index (χ3v) is 1.79. The summed E-state index contributed by atoms with van der Waals surface area (Å²) in [5.74, 6) is -2.05. The molecule has 0 aromatic carbocycles. The van der Waals surface area contributed by atoms with Crippen molar-refractivity contribution in [2.24, 2.45) is 5.73 Å². The lowest BCUT2D eigenvalue weighted by molar-refractivity contribution is -0.142. The quantitative estimate of drug-likeness (QED) is 0.538. The molecule has 86 valence electrons. The van der Waals surface area contributed by atoms with Crippen molar-refractivity contribution < 1.29 is 19.5 Å². The summed E-state index contributed by atoms with van der Waals surface area (Å²) in [4.78, 5) is 32.3. The molecule has 0 aliphatic heterocycles. The number of rotatable bonds is 7. The summed E-state index contributed by atoms with van der Waals surface area (Å²) >= 11 is 0. The van der Waals surface area contributed by atoms with E-state index < -0.39 is 17.9 Å². The smallest absolute Gasteiger partial charge is 0.326 e. The van der Waals surface area contributed by atoms with Gasteiger partial charge in [-0.15, -0.1) is 0 Å². The van der Waals surface area contributed by atoms with E-state index in [4.69, 9.17) is 10.8 Å². The highest BCUT2D eigenvalue weighted by atomic mass is 16.4. The zero-order valence-electron chi connectivity index (χ0n) is 8.66. The highest BCUT2D eigenvalue weighted by molar-refractivity contribution is 5.84. The summed E-state index contributed by atoms with van der Waals surface area (Å²) in [6.45, 7) is 1.82. The molecule has 0 fully saturated rings. The Bertz CT molecular complexity index is 252. The maximum absolute atomic E-state index is 11.1. The van der Waals surface area contributed by atoms with Crippen molar-refractivity contribution in [3.05, 3.63) is 0 Å². The van der Waals surface area contributed by atoms with E-state index in [9.17, 15) is 14.4 Å². The van der Waals surface area contributed by atoms with Gasteiger partial charge in [0.15, 0.2) is 0 Å². The standard InChI is InChI=1S/C9H16N2O4/c1-2-3-8(13)11-6(9(14)15)4-5-7(10)12/h6H,2-5H2,1H3,(H2,10,12)(H,11,13)(H,14,15)/t6-/m0/s1. The second-order valence-corrected chi connectivity index (χ2v) is 3.21. The lowest BCUT2D eigenvalue weighted by atomic mass is 10.1. The predicted molar refractivity (Wildman–Crippen MR) is 52.9 cm³/mol. The molecule has 0 saturated heterocycles. The van der Waals surface area contributed by atoms with E-state index in [0.29, 0.717) is 6.42 Å². The van der Waals surface area contributed by atoms with Crippen LogP contribution in [0, 0.1) is 0 Å². The fourth-order valence-electron chi connectivity index (χ4n) is 1.04. The van der Waals surface area contributed by atoms with Crippen LogP contribution in [-0.4, -0.2) is 28.9 Å². The van der Waals surface area contributed by atoms with Gasteiger partial charge in [-0.2, -0.15) is 0 Å². The van der Waals surface area contributed by atoms with Gasteiger partial charge >= 0.3 is 5.97 Å². The number of hydrogen-bond donors (Lipinski definition) is 3. The Morgan fingerprint density at radius 2 is 1.93 bits per heavy atom. The molecular weight excluding hydrogens is 200 g/mol. The lowest BCUT2D eigenvalue weighted by Gasteiger charge is -2.13. The Morgan fingerprint density at radius 3 is 2.33 bits per heavy atom. The van der Waals surface area contributed by atoms with Crippen molar-refractivity contribution in [2.45, 2.75) is 38.6 Å². The van der Waals surface area contributed by atoms with E-state index in [2.05, 4.69) is 5.32 Å². The molecule has 0 heterocycles. The van der Waals surface area contributed by atoms with Gasteiger partial charge in [-0.1, -0.05) is 6.92 Å². The molecule has 0 unspecified atom stereocenters. The Morgan fingerprint density at radius 1 is 1.33 bits per heavy atom. The number of carbonyl (C=O) groups excluding carboxylic acids is 2. The molecule has 0 aromatic heterocycles. The molecule has 6 heteroatoms. The number of hydrogen-bond acceptors (Lipinski definition) is 3. The molecule has 0 spiro atoms. The van der Waals surface area contributed by atoms with Crippen molar-refractivity contribution in [1.82, 2.24) is 5.32 Å². The number of primary amides is 1. The lowest BCUT2D eigenvalue weighted by Crippen LogP contribution is -2.41. The molecule has 0 aromatic rings. The molecule has 2 amide bonds. The van der Waals surface area contributed by atoms with E-state index in [0.717, 1.165) is 0 Å². The summed E-state index contributed by atoms with van der Waals surface area (Å²) in [5.41, 5.74) is 4.89. The topological polar surface area (TPSA) is 109 Å². The summed E-state index contributed by atoms with van der Waals surface area (Å²) in [6.07, 6.45) is 0.901. The van der Waals surface area contributed by atoms with Crippen molar-refractivity contribution >= 4 is 17.8 Å². The molecule has 15 heavy (non-hydrogen) atoms. The largest absolute Gasteiger partial charge is 0.480 e. The molecule has 0 bridgehead atoms. The van der Waals surface area contributed by atoms with E-state index in [1.165, 1.54) is 0 Å². The van der Waals surface area contributed by atoms with Gasteiger partial charge in [-0.05, 0) is 12.8 Å². The van der Waals surface area contributed by atoms with Crippen LogP contribution in [0.15, 0.2) is 0 Å². The number of amides is 2. The van der Waals surface area contributed by atoms with Gasteiger partial charge < -0.3 is 16.2 Å². The number of carbonyl (C=O) groups is 3. The van der Waals surface area contributed by atoms with Crippen LogP contribution in [0.3, 0.4) is 0 Å². The average molecular weight is 216 g/mol. The summed E-state index contributed by atoms with van der Waals surface area (Å²) in [5, 5.41) is 11.1. The molecule has 0 aliphatic rings. The van der Waals surface area contributed by atoms with Crippen molar-refractivity contribution in [3.63, 3.8) is 0 Å². The number of aliphatic carboxylic acids is 1. The fraction of sp³-hybridized carbons (Fsp3) is 0.667. The van der Waals surface area contributed by atoms with Gasteiger partial charge in [0.05, 0.1) is 0 Å². The van der Waals surface area contributed by atoms with Gasteiger partial charge in [0.2, 0.25) is 11.8 Å². The van der Waals surface area contributed by atoms with Crippen LogP contribution in [0.25, 0.3) is 0 Å². The fourth-order valence-corrected chi connectivity index (χ4v) is 1.04. The van der Waals surface area contributed by atoms with E-state index in [-0.39, 0.29) is 25.2 Å². The molecular formula is C9H16N2O4. The van der Waals surface area contributed by atoms with E-state index in [1.807, 2.05) is 6.92 Å². The third kappa shape index (κ3) is 6.48. The van der Waals surface area contributed by atoms with Gasteiger partial charge in [-0.3, -0.25) is 9.59 Å². The average Bonchev–Trinajstić information content (AvgIpc) is 2.11. The van der Waals surface area contributed by atoms with Gasteiger partial charge in [0, 0.05) is 12.8 Å². The van der Waals surface area contributed by atoms with Gasteiger partial charge in [0.1, 0.15) is 6.04 Å². The highest BCUT2D eigenvalue weighted by Crippen LogP contribution is 1.98. The first-order valence-electron chi connectivity index (χ1n) is 4.77. The summed E-state index contributed by atoms with van der Waals surface area (Å²) in [7, 11) is 0. The van der Waals surface area contributed by atoms with Crippen molar-refractivity contribution in [2.75, 3.05) is 0 Å². The van der Waals surface area contributed by atoms with Crippen LogP contribution in [-0.2, 0) is 14.4 Å². The molecule has 1 atom stereocenters. The SMILES string of the molecule is CCCC(=O)N[C@@H](CCC(N)=O)C(=O)O. The van der Waals surface area contributed by atoms with Crippen LogP contribution in [0.5, 0.6) is 0 Å². The molecule has 0 aliphatic carbocycles. The zero-order chi connectivity index (χ0) is 11.8. The first-order chi connectivity index (χ1) is 6.97. The maximum atomic E-state index is 11.1. The number of carboxylic acid groups (broad SMARTS) is 1. The minimum absolute atomic E-state index is 0.0279. The zero-order valence-corrected chi connectivity index (χ0v) is 8.66. The molecule has 6 nitrogen and oxygen atoms in total. The molecule has 0 rings (SSSR count). The Kier molecular flexibility index (Phi) is 6.08. The summed E-state index contributed by atoms with van der Waals surface area (Å²) < 4.78 is 0. The van der Waals surface area contributed by atoms with Crippen LogP contribution in [0.4, 0.5) is 0 Å². The second kappa shape index (κ2) is 6.80. The maximum Gasteiger partial charge on any atom is 0.326 e. The highest BCUT2D eigenvalue weighted by Gasteiger charge is 2.19. The Balaban J connectivity index is 4.10. The van der Waals surface area contributed by atoms with Crippen LogP contribution >= 0.6 is 0 Å². The van der Waals surface area contributed by atoms with Crippen LogP contribution in [0.1, 0.15) is 32.6 Å². The second-order valence-electron chi connectivity index (χ2n) is 3.21.